The predicted octanol–water partition coefficient (Wildman–Crippen LogP) is 4.50. The van der Waals surface area contributed by atoms with Gasteiger partial charge >= 0.3 is 6.03 Å². The van der Waals surface area contributed by atoms with Crippen LogP contribution in [0.1, 0.15) is 11.1 Å². The van der Waals surface area contributed by atoms with Crippen molar-refractivity contribution in [3.8, 4) is 23.0 Å². The average molecular weight is 392 g/mol. The highest BCUT2D eigenvalue weighted by molar-refractivity contribution is 5.74. The number of para-hydroxylation sites is 2. The van der Waals surface area contributed by atoms with Crippen molar-refractivity contribution in [2.24, 2.45) is 0 Å². The molecule has 0 aliphatic rings. The number of hydrogen-bond acceptors (Lipinski definition) is 4. The average Bonchev–Trinajstić information content (AvgIpc) is 2.77. The Balaban J connectivity index is 1.56. The van der Waals surface area contributed by atoms with E-state index in [2.05, 4.69) is 10.6 Å². The van der Waals surface area contributed by atoms with Crippen LogP contribution in [-0.4, -0.2) is 20.3 Å². The molecule has 0 saturated carbocycles. The van der Waals surface area contributed by atoms with Gasteiger partial charge in [0.1, 0.15) is 23.0 Å². The van der Waals surface area contributed by atoms with E-state index in [1.54, 1.807) is 20.3 Å². The summed E-state index contributed by atoms with van der Waals surface area (Å²) in [5.74, 6) is 2.81. The van der Waals surface area contributed by atoms with Crippen LogP contribution < -0.4 is 24.8 Å². The molecule has 0 aromatic heterocycles. The number of methoxy groups -OCH3 is 2. The van der Waals surface area contributed by atoms with Gasteiger partial charge in [0.15, 0.2) is 0 Å². The second kappa shape index (κ2) is 10.0. The van der Waals surface area contributed by atoms with Crippen LogP contribution in [0, 0.1) is 0 Å². The molecule has 0 aliphatic carbocycles. The van der Waals surface area contributed by atoms with Gasteiger partial charge in [0.25, 0.3) is 0 Å². The predicted molar refractivity (Wildman–Crippen MR) is 112 cm³/mol. The Labute approximate surface area is 170 Å². The molecular formula is C23H24N2O4. The molecule has 0 heterocycles. The Morgan fingerprint density at radius 2 is 1.38 bits per heavy atom. The largest absolute Gasteiger partial charge is 0.497 e. The number of rotatable bonds is 8. The number of ether oxygens (including phenoxy) is 3. The molecule has 0 saturated heterocycles. The van der Waals surface area contributed by atoms with Crippen LogP contribution in [0.25, 0.3) is 0 Å². The number of hydrogen-bond donors (Lipinski definition) is 2. The Hall–Kier alpha value is -3.67. The van der Waals surface area contributed by atoms with E-state index in [1.165, 1.54) is 0 Å². The van der Waals surface area contributed by atoms with Crippen molar-refractivity contribution >= 4 is 6.03 Å². The van der Waals surface area contributed by atoms with E-state index in [0.29, 0.717) is 30.3 Å². The lowest BCUT2D eigenvalue weighted by atomic mass is 10.2. The van der Waals surface area contributed by atoms with E-state index in [9.17, 15) is 4.79 Å². The zero-order chi connectivity index (χ0) is 20.5. The lowest BCUT2D eigenvalue weighted by Gasteiger charge is -2.14. The first-order chi connectivity index (χ1) is 14.2. The molecule has 0 bridgehead atoms. The molecule has 3 aromatic rings. The van der Waals surface area contributed by atoms with Gasteiger partial charge in [0.05, 0.1) is 14.2 Å². The molecule has 0 spiro atoms. The smallest absolute Gasteiger partial charge is 0.315 e. The van der Waals surface area contributed by atoms with Crippen molar-refractivity contribution in [3.05, 3.63) is 83.9 Å². The van der Waals surface area contributed by atoms with Gasteiger partial charge in [-0.15, -0.1) is 0 Å². The maximum Gasteiger partial charge on any atom is 0.315 e. The number of urea groups is 1. The van der Waals surface area contributed by atoms with Crippen molar-refractivity contribution in [1.29, 1.82) is 0 Å². The van der Waals surface area contributed by atoms with Gasteiger partial charge < -0.3 is 24.8 Å². The highest BCUT2D eigenvalue weighted by Gasteiger charge is 2.09. The molecule has 29 heavy (non-hydrogen) atoms. The van der Waals surface area contributed by atoms with Crippen LogP contribution >= 0.6 is 0 Å². The molecule has 0 atom stereocenters. The summed E-state index contributed by atoms with van der Waals surface area (Å²) < 4.78 is 16.5. The lowest BCUT2D eigenvalue weighted by Crippen LogP contribution is -2.34. The minimum absolute atomic E-state index is 0.280. The number of carbonyl (C=O) groups excluding carboxylic acids is 1. The van der Waals surface area contributed by atoms with E-state index in [0.717, 1.165) is 16.9 Å². The van der Waals surface area contributed by atoms with Crippen molar-refractivity contribution in [2.45, 2.75) is 13.1 Å². The Morgan fingerprint density at radius 3 is 2.07 bits per heavy atom. The monoisotopic (exact) mass is 392 g/mol. The summed E-state index contributed by atoms with van der Waals surface area (Å²) in [4.78, 5) is 12.3. The fraction of sp³-hybridized carbons (Fsp3) is 0.174. The third kappa shape index (κ3) is 5.65. The molecule has 2 amide bonds. The molecule has 0 unspecified atom stereocenters. The summed E-state index contributed by atoms with van der Waals surface area (Å²) in [6, 6.07) is 22.3. The van der Waals surface area contributed by atoms with Crippen LogP contribution in [0.2, 0.25) is 0 Å². The molecule has 3 rings (SSSR count). The lowest BCUT2D eigenvalue weighted by molar-refractivity contribution is 0.240. The van der Waals surface area contributed by atoms with E-state index in [4.69, 9.17) is 14.2 Å². The third-order valence-corrected chi connectivity index (χ3v) is 4.32. The molecule has 3 aromatic carbocycles. The minimum Gasteiger partial charge on any atom is -0.497 e. The topological polar surface area (TPSA) is 68.8 Å². The fourth-order valence-corrected chi connectivity index (χ4v) is 2.78. The first kappa shape index (κ1) is 20.1. The van der Waals surface area contributed by atoms with Crippen LogP contribution in [0.3, 0.4) is 0 Å². The zero-order valence-electron chi connectivity index (χ0n) is 16.5. The summed E-state index contributed by atoms with van der Waals surface area (Å²) in [5.41, 5.74) is 1.74. The van der Waals surface area contributed by atoms with Crippen molar-refractivity contribution in [3.63, 3.8) is 0 Å². The first-order valence-electron chi connectivity index (χ1n) is 9.23. The summed E-state index contributed by atoms with van der Waals surface area (Å²) in [6.45, 7) is 0.676. The molecular weight excluding hydrogens is 368 g/mol. The van der Waals surface area contributed by atoms with Gasteiger partial charge in [-0.05, 0) is 30.3 Å². The summed E-state index contributed by atoms with van der Waals surface area (Å²) in [6.07, 6.45) is 0. The highest BCUT2D eigenvalue weighted by atomic mass is 16.5. The molecule has 6 heteroatoms. The molecule has 2 N–H and O–H groups in total. The second-order valence-corrected chi connectivity index (χ2v) is 6.24. The van der Waals surface area contributed by atoms with Gasteiger partial charge in [-0.1, -0.05) is 36.4 Å². The molecule has 150 valence electrons. The number of benzene rings is 3. The Morgan fingerprint density at radius 1 is 0.724 bits per heavy atom. The maximum absolute atomic E-state index is 12.3. The van der Waals surface area contributed by atoms with E-state index >= 15 is 0 Å². The fourth-order valence-electron chi connectivity index (χ4n) is 2.78. The number of nitrogens with one attached hydrogen (secondary N) is 2. The van der Waals surface area contributed by atoms with Crippen LogP contribution in [-0.2, 0) is 13.1 Å². The normalized spacial score (nSPS) is 10.1. The molecule has 0 aliphatic heterocycles. The minimum atomic E-state index is -0.280. The van der Waals surface area contributed by atoms with E-state index in [1.807, 2.05) is 66.7 Å². The second-order valence-electron chi connectivity index (χ2n) is 6.24. The van der Waals surface area contributed by atoms with Crippen LogP contribution in [0.15, 0.2) is 72.8 Å². The van der Waals surface area contributed by atoms with E-state index < -0.39 is 0 Å². The summed E-state index contributed by atoms with van der Waals surface area (Å²) in [5, 5.41) is 5.70. The standard InChI is InChI=1S/C23H24N2O4/c1-27-20-13-12-18(22(14-20)28-2)16-25-23(26)24-15-17-8-6-7-11-21(17)29-19-9-4-3-5-10-19/h3-14H,15-16H2,1-2H3,(H2,24,25,26). The molecule has 0 radical (unpaired) electrons. The Bertz CT molecular complexity index is 945. The van der Waals surface area contributed by atoms with Gasteiger partial charge in [-0.2, -0.15) is 0 Å². The molecule has 6 nitrogen and oxygen atoms in total. The summed E-state index contributed by atoms with van der Waals surface area (Å²) in [7, 11) is 3.18. The van der Waals surface area contributed by atoms with Crippen LogP contribution in [0.4, 0.5) is 4.79 Å². The summed E-state index contributed by atoms with van der Waals surface area (Å²) >= 11 is 0. The van der Waals surface area contributed by atoms with Gasteiger partial charge in [0, 0.05) is 30.3 Å². The third-order valence-electron chi connectivity index (χ3n) is 4.32. The van der Waals surface area contributed by atoms with Crippen LogP contribution in [0.5, 0.6) is 23.0 Å². The zero-order valence-corrected chi connectivity index (χ0v) is 16.5. The quantitative estimate of drug-likeness (QED) is 0.592. The maximum atomic E-state index is 12.3. The van der Waals surface area contributed by atoms with Crippen molar-refractivity contribution in [2.75, 3.05) is 14.2 Å². The van der Waals surface area contributed by atoms with Gasteiger partial charge in [-0.3, -0.25) is 0 Å². The van der Waals surface area contributed by atoms with Crippen molar-refractivity contribution in [1.82, 2.24) is 10.6 Å². The number of amides is 2. The van der Waals surface area contributed by atoms with Crippen molar-refractivity contribution < 1.29 is 19.0 Å². The van der Waals surface area contributed by atoms with Gasteiger partial charge in [0.2, 0.25) is 0 Å². The Kier molecular flexibility index (Phi) is 6.95. The highest BCUT2D eigenvalue weighted by Crippen LogP contribution is 2.25. The van der Waals surface area contributed by atoms with Gasteiger partial charge in [-0.25, -0.2) is 4.79 Å². The number of carbonyl (C=O) groups is 1. The van der Waals surface area contributed by atoms with E-state index in [-0.39, 0.29) is 6.03 Å². The first-order valence-corrected chi connectivity index (χ1v) is 9.23. The SMILES string of the molecule is COc1ccc(CNC(=O)NCc2ccccc2Oc2ccccc2)c(OC)c1. The molecule has 0 fully saturated rings.